The van der Waals surface area contributed by atoms with E-state index in [1.54, 1.807) is 42.2 Å². The van der Waals surface area contributed by atoms with Crippen LogP contribution >= 0.6 is 11.8 Å². The standard InChI is InChI=1S/C27H25N3O4S/c1-3-16-30-25(32)23(17-24(31)28-20-14-12-19(13-15-20)26(33)34-4-2)35-27(30)29-22-11-7-9-18-8-5-6-10-21(18)22/h3,5-15,23H,1,4,16-17H2,2H3,(H,28,31)/t23-/m1/s1. The van der Waals surface area contributed by atoms with Crippen molar-refractivity contribution in [2.45, 2.75) is 18.6 Å². The van der Waals surface area contributed by atoms with Gasteiger partial charge in [0.1, 0.15) is 5.25 Å². The molecule has 1 aliphatic heterocycles. The SMILES string of the molecule is C=CCN1C(=O)[C@@H](CC(=O)Nc2ccc(C(=O)OCC)cc2)SC1=Nc1cccc2ccccc12. The van der Waals surface area contributed by atoms with Crippen LogP contribution in [0.3, 0.4) is 0 Å². The van der Waals surface area contributed by atoms with Gasteiger partial charge in [0.2, 0.25) is 11.8 Å². The summed E-state index contributed by atoms with van der Waals surface area (Å²) >= 11 is 1.28. The van der Waals surface area contributed by atoms with E-state index in [1.807, 2.05) is 42.5 Å². The van der Waals surface area contributed by atoms with E-state index in [9.17, 15) is 14.4 Å². The number of carbonyl (C=O) groups is 3. The van der Waals surface area contributed by atoms with Crippen molar-refractivity contribution < 1.29 is 19.1 Å². The average molecular weight is 488 g/mol. The number of hydrogen-bond acceptors (Lipinski definition) is 6. The van der Waals surface area contributed by atoms with Gasteiger partial charge in [0, 0.05) is 24.0 Å². The van der Waals surface area contributed by atoms with E-state index in [1.165, 1.54) is 11.8 Å². The molecule has 1 aliphatic rings. The van der Waals surface area contributed by atoms with Crippen molar-refractivity contribution in [1.29, 1.82) is 0 Å². The lowest BCUT2D eigenvalue weighted by molar-refractivity contribution is -0.127. The van der Waals surface area contributed by atoms with Crippen LogP contribution in [0.25, 0.3) is 10.8 Å². The molecule has 0 saturated carbocycles. The lowest BCUT2D eigenvalue weighted by atomic mass is 10.1. The van der Waals surface area contributed by atoms with E-state index in [0.29, 0.717) is 29.6 Å². The van der Waals surface area contributed by atoms with Crippen LogP contribution in [0.5, 0.6) is 0 Å². The van der Waals surface area contributed by atoms with Gasteiger partial charge in [0.25, 0.3) is 0 Å². The molecule has 0 aromatic heterocycles. The summed E-state index contributed by atoms with van der Waals surface area (Å²) in [6, 6.07) is 20.2. The van der Waals surface area contributed by atoms with Crippen LogP contribution in [0.1, 0.15) is 23.7 Å². The number of aliphatic imine (C=N–C) groups is 1. The first-order valence-electron chi connectivity index (χ1n) is 11.2. The zero-order valence-electron chi connectivity index (χ0n) is 19.3. The molecule has 1 N–H and O–H groups in total. The van der Waals surface area contributed by atoms with Crippen molar-refractivity contribution in [2.24, 2.45) is 4.99 Å². The fourth-order valence-corrected chi connectivity index (χ4v) is 4.88. The Morgan fingerprint density at radius 3 is 2.60 bits per heavy atom. The fraction of sp³-hybridized carbons (Fsp3) is 0.185. The number of thioether (sulfide) groups is 1. The first-order valence-corrected chi connectivity index (χ1v) is 12.1. The minimum atomic E-state index is -0.595. The van der Waals surface area contributed by atoms with Crippen LogP contribution in [0.4, 0.5) is 11.4 Å². The molecule has 0 bridgehead atoms. The lowest BCUT2D eigenvalue weighted by Crippen LogP contribution is -2.33. The molecule has 0 radical (unpaired) electrons. The zero-order valence-corrected chi connectivity index (χ0v) is 20.1. The molecule has 3 aromatic carbocycles. The molecule has 3 aromatic rings. The molecule has 0 unspecified atom stereocenters. The van der Waals surface area contributed by atoms with E-state index < -0.39 is 11.2 Å². The molecule has 0 spiro atoms. The van der Waals surface area contributed by atoms with Gasteiger partial charge in [-0.2, -0.15) is 0 Å². The molecule has 178 valence electrons. The number of fused-ring (bicyclic) bond motifs is 1. The second-order valence-corrected chi connectivity index (χ2v) is 8.96. The molecular formula is C27H25N3O4S. The van der Waals surface area contributed by atoms with Gasteiger partial charge < -0.3 is 10.1 Å². The number of nitrogens with one attached hydrogen (secondary N) is 1. The van der Waals surface area contributed by atoms with Crippen LogP contribution in [0, 0.1) is 0 Å². The summed E-state index contributed by atoms with van der Waals surface area (Å²) in [5, 5.41) is 4.78. The molecule has 2 amide bonds. The molecule has 1 atom stereocenters. The zero-order chi connectivity index (χ0) is 24.8. The van der Waals surface area contributed by atoms with E-state index in [-0.39, 0.29) is 18.2 Å². The van der Waals surface area contributed by atoms with Crippen molar-refractivity contribution in [2.75, 3.05) is 18.5 Å². The van der Waals surface area contributed by atoms with Gasteiger partial charge in [-0.05, 0) is 42.6 Å². The minimum absolute atomic E-state index is 0.00860. The summed E-state index contributed by atoms with van der Waals surface area (Å²) in [5.41, 5.74) is 1.70. The molecule has 8 heteroatoms. The van der Waals surface area contributed by atoms with Gasteiger partial charge in [-0.3, -0.25) is 14.5 Å². The second kappa shape index (κ2) is 11.0. The number of esters is 1. The number of benzene rings is 3. The summed E-state index contributed by atoms with van der Waals surface area (Å²) in [5.74, 6) is -0.898. The molecule has 7 nitrogen and oxygen atoms in total. The fourth-order valence-electron chi connectivity index (χ4n) is 3.72. The number of amidine groups is 1. The van der Waals surface area contributed by atoms with Crippen molar-refractivity contribution in [1.82, 2.24) is 4.90 Å². The van der Waals surface area contributed by atoms with Crippen molar-refractivity contribution in [3.63, 3.8) is 0 Å². The number of nitrogens with zero attached hydrogens (tertiary/aromatic N) is 2. The highest BCUT2D eigenvalue weighted by molar-refractivity contribution is 8.15. The Bertz CT molecular complexity index is 1300. The van der Waals surface area contributed by atoms with Crippen LogP contribution in [0.2, 0.25) is 0 Å². The van der Waals surface area contributed by atoms with Crippen LogP contribution in [-0.4, -0.2) is 46.3 Å². The topological polar surface area (TPSA) is 88.1 Å². The third-order valence-electron chi connectivity index (χ3n) is 5.37. The molecule has 1 fully saturated rings. The highest BCUT2D eigenvalue weighted by Gasteiger charge is 2.38. The van der Waals surface area contributed by atoms with Gasteiger partial charge in [0.15, 0.2) is 5.17 Å². The van der Waals surface area contributed by atoms with Crippen LogP contribution in [0.15, 0.2) is 84.4 Å². The average Bonchev–Trinajstić information content (AvgIpc) is 3.14. The Kier molecular flexibility index (Phi) is 7.62. The third-order valence-corrected chi connectivity index (χ3v) is 6.54. The highest BCUT2D eigenvalue weighted by Crippen LogP contribution is 2.34. The molecular weight excluding hydrogens is 462 g/mol. The molecule has 35 heavy (non-hydrogen) atoms. The molecule has 1 saturated heterocycles. The largest absolute Gasteiger partial charge is 0.462 e. The summed E-state index contributed by atoms with van der Waals surface area (Å²) < 4.78 is 4.97. The van der Waals surface area contributed by atoms with Crippen molar-refractivity contribution in [3.8, 4) is 0 Å². The van der Waals surface area contributed by atoms with Gasteiger partial charge in [-0.25, -0.2) is 9.79 Å². The number of hydrogen-bond donors (Lipinski definition) is 1. The summed E-state index contributed by atoms with van der Waals surface area (Å²) in [6.45, 7) is 6.09. The van der Waals surface area contributed by atoms with Gasteiger partial charge >= 0.3 is 5.97 Å². The Hall–Kier alpha value is -3.91. The summed E-state index contributed by atoms with van der Waals surface area (Å²) in [6.07, 6.45) is 1.63. The smallest absolute Gasteiger partial charge is 0.338 e. The van der Waals surface area contributed by atoms with Crippen molar-refractivity contribution in [3.05, 3.63) is 84.9 Å². The highest BCUT2D eigenvalue weighted by atomic mass is 32.2. The Labute approximate surface area is 207 Å². The quantitative estimate of drug-likeness (QED) is 0.350. The number of anilines is 1. The predicted molar refractivity (Wildman–Crippen MR) is 140 cm³/mol. The van der Waals surface area contributed by atoms with Crippen LogP contribution < -0.4 is 5.32 Å². The number of amides is 2. The Balaban J connectivity index is 1.48. The second-order valence-electron chi connectivity index (χ2n) is 7.79. The van der Waals surface area contributed by atoms with Crippen LogP contribution in [-0.2, 0) is 14.3 Å². The van der Waals surface area contributed by atoms with Gasteiger partial charge in [0.05, 0.1) is 17.9 Å². The van der Waals surface area contributed by atoms with Gasteiger partial charge in [-0.1, -0.05) is 54.2 Å². The predicted octanol–water partition coefficient (Wildman–Crippen LogP) is 5.16. The van der Waals surface area contributed by atoms with E-state index in [2.05, 4.69) is 11.9 Å². The minimum Gasteiger partial charge on any atom is -0.462 e. The van der Waals surface area contributed by atoms with Gasteiger partial charge in [-0.15, -0.1) is 6.58 Å². The maximum absolute atomic E-state index is 13.1. The number of rotatable bonds is 8. The molecule has 4 rings (SSSR count). The first-order chi connectivity index (χ1) is 17.0. The van der Waals surface area contributed by atoms with Crippen molar-refractivity contribution >= 4 is 56.9 Å². The number of carbonyl (C=O) groups excluding carboxylic acids is 3. The lowest BCUT2D eigenvalue weighted by Gasteiger charge is -2.14. The molecule has 1 heterocycles. The van der Waals surface area contributed by atoms with E-state index in [4.69, 9.17) is 9.73 Å². The summed E-state index contributed by atoms with van der Waals surface area (Å²) in [4.78, 5) is 43.9. The third kappa shape index (κ3) is 5.60. The monoisotopic (exact) mass is 487 g/mol. The van der Waals surface area contributed by atoms with E-state index >= 15 is 0 Å². The first kappa shape index (κ1) is 24.2. The summed E-state index contributed by atoms with van der Waals surface area (Å²) in [7, 11) is 0. The maximum Gasteiger partial charge on any atom is 0.338 e. The Morgan fingerprint density at radius 2 is 1.86 bits per heavy atom. The maximum atomic E-state index is 13.1. The van der Waals surface area contributed by atoms with E-state index in [0.717, 1.165) is 16.5 Å². The molecule has 0 aliphatic carbocycles. The Morgan fingerprint density at radius 1 is 1.11 bits per heavy atom. The number of ether oxygens (including phenoxy) is 1. The normalized spacial score (nSPS) is 16.5.